The molecule has 0 saturated heterocycles. The first-order valence-corrected chi connectivity index (χ1v) is 7.86. The number of nitrogens with zero attached hydrogens (tertiary/aromatic N) is 1. The molecule has 0 spiro atoms. The molecule has 5 nitrogen and oxygen atoms in total. The summed E-state index contributed by atoms with van der Waals surface area (Å²) in [5.41, 5.74) is 8.66. The summed E-state index contributed by atoms with van der Waals surface area (Å²) in [7, 11) is 0. The summed E-state index contributed by atoms with van der Waals surface area (Å²) < 4.78 is 0. The molecule has 7 heteroatoms. The Balaban J connectivity index is 0.00000312. The third kappa shape index (κ3) is 5.64. The number of halogens is 2. The lowest BCUT2D eigenvalue weighted by Crippen LogP contribution is -2.16. The Hall–Kier alpha value is -2.26. The van der Waals surface area contributed by atoms with Crippen molar-refractivity contribution in [2.24, 2.45) is 5.73 Å². The second kappa shape index (κ2) is 9.90. The van der Waals surface area contributed by atoms with E-state index in [0.29, 0.717) is 22.8 Å². The van der Waals surface area contributed by atoms with E-state index >= 15 is 0 Å². The maximum absolute atomic E-state index is 10.9. The highest BCUT2D eigenvalue weighted by Gasteiger charge is 2.15. The molecule has 0 aromatic heterocycles. The molecular weight excluding hydrogens is 361 g/mol. The Bertz CT molecular complexity index is 775. The molecule has 2 aromatic rings. The van der Waals surface area contributed by atoms with Crippen LogP contribution in [0, 0.1) is 11.3 Å². The van der Waals surface area contributed by atoms with Crippen molar-refractivity contribution in [1.82, 2.24) is 0 Å². The number of rotatable bonds is 7. The highest BCUT2D eigenvalue weighted by atomic mass is 35.5. The average Bonchev–Trinajstić information content (AvgIpc) is 2.59. The molecule has 2 aromatic carbocycles. The van der Waals surface area contributed by atoms with Crippen molar-refractivity contribution in [3.8, 4) is 6.07 Å². The molecule has 0 amide bonds. The van der Waals surface area contributed by atoms with Crippen molar-refractivity contribution in [2.75, 3.05) is 11.9 Å². The number of nitrogens with two attached hydrogens (primary N) is 1. The van der Waals surface area contributed by atoms with Crippen molar-refractivity contribution in [2.45, 2.75) is 18.9 Å². The van der Waals surface area contributed by atoms with Gasteiger partial charge < -0.3 is 16.2 Å². The first-order chi connectivity index (χ1) is 11.5. The maximum Gasteiger partial charge on any atom is 0.304 e. The molecule has 0 aliphatic carbocycles. The van der Waals surface area contributed by atoms with E-state index in [0.717, 1.165) is 11.1 Å². The number of carbonyl (C=O) groups is 1. The molecule has 0 bridgehead atoms. The van der Waals surface area contributed by atoms with Crippen LogP contribution in [-0.4, -0.2) is 17.6 Å². The van der Waals surface area contributed by atoms with Crippen molar-refractivity contribution in [3.05, 3.63) is 64.2 Å². The van der Waals surface area contributed by atoms with Gasteiger partial charge in [0.15, 0.2) is 0 Å². The molecule has 4 N–H and O–H groups in total. The van der Waals surface area contributed by atoms with E-state index in [-0.39, 0.29) is 31.3 Å². The van der Waals surface area contributed by atoms with Gasteiger partial charge in [0.05, 0.1) is 28.8 Å². The van der Waals surface area contributed by atoms with Crippen molar-refractivity contribution in [3.63, 3.8) is 0 Å². The van der Waals surface area contributed by atoms with Crippen LogP contribution in [0.4, 0.5) is 5.69 Å². The molecule has 2 rings (SSSR count). The van der Waals surface area contributed by atoms with Gasteiger partial charge in [0.2, 0.25) is 0 Å². The molecular formula is C18H19Cl2N3O2. The lowest BCUT2D eigenvalue weighted by molar-refractivity contribution is -0.137. The van der Waals surface area contributed by atoms with Gasteiger partial charge in [-0.15, -0.1) is 12.4 Å². The molecule has 132 valence electrons. The van der Waals surface area contributed by atoms with Gasteiger partial charge in [-0.3, -0.25) is 4.79 Å². The van der Waals surface area contributed by atoms with Crippen LogP contribution in [0.5, 0.6) is 0 Å². The normalized spacial score (nSPS) is 11.1. The Morgan fingerprint density at radius 2 is 2.04 bits per heavy atom. The van der Waals surface area contributed by atoms with E-state index in [4.69, 9.17) is 27.7 Å². The minimum absolute atomic E-state index is 0. The summed E-state index contributed by atoms with van der Waals surface area (Å²) in [6.07, 6.45) is -0.0329. The summed E-state index contributed by atoms with van der Waals surface area (Å²) in [6, 6.07) is 14.8. The van der Waals surface area contributed by atoms with Crippen molar-refractivity contribution in [1.29, 1.82) is 5.26 Å². The van der Waals surface area contributed by atoms with E-state index in [1.54, 1.807) is 18.2 Å². The zero-order chi connectivity index (χ0) is 17.5. The van der Waals surface area contributed by atoms with E-state index in [2.05, 4.69) is 11.4 Å². The summed E-state index contributed by atoms with van der Waals surface area (Å²) in [4.78, 5) is 10.9. The monoisotopic (exact) mass is 379 g/mol. The van der Waals surface area contributed by atoms with Crippen LogP contribution in [-0.2, 0) is 11.3 Å². The summed E-state index contributed by atoms with van der Waals surface area (Å²) >= 11 is 6.21. The van der Waals surface area contributed by atoms with Crippen LogP contribution in [0.3, 0.4) is 0 Å². The predicted molar refractivity (Wildman–Crippen MR) is 101 cm³/mol. The van der Waals surface area contributed by atoms with Crippen molar-refractivity contribution < 1.29 is 9.90 Å². The fourth-order valence-electron chi connectivity index (χ4n) is 2.45. The third-order valence-electron chi connectivity index (χ3n) is 3.77. The van der Waals surface area contributed by atoms with E-state index < -0.39 is 5.97 Å². The van der Waals surface area contributed by atoms with Gasteiger partial charge in [0.1, 0.15) is 0 Å². The quantitative estimate of drug-likeness (QED) is 0.679. The maximum atomic E-state index is 10.9. The molecule has 25 heavy (non-hydrogen) atoms. The van der Waals surface area contributed by atoms with Crippen LogP contribution in [0.15, 0.2) is 42.5 Å². The molecule has 0 aliphatic rings. The van der Waals surface area contributed by atoms with Gasteiger partial charge in [-0.1, -0.05) is 35.9 Å². The van der Waals surface area contributed by atoms with E-state index in [1.807, 2.05) is 24.3 Å². The summed E-state index contributed by atoms with van der Waals surface area (Å²) in [5, 5.41) is 21.8. The smallest absolute Gasteiger partial charge is 0.304 e. The lowest BCUT2D eigenvalue weighted by atomic mass is 9.95. The molecule has 0 unspecified atom stereocenters. The highest BCUT2D eigenvalue weighted by molar-refractivity contribution is 6.33. The van der Waals surface area contributed by atoms with Crippen molar-refractivity contribution >= 4 is 35.7 Å². The zero-order valence-corrected chi connectivity index (χ0v) is 15.0. The van der Waals surface area contributed by atoms with Gasteiger partial charge in [-0.05, 0) is 35.9 Å². The molecule has 0 heterocycles. The number of nitriles is 1. The molecule has 0 aliphatic heterocycles. The first kappa shape index (κ1) is 20.8. The number of anilines is 1. The van der Waals surface area contributed by atoms with E-state index in [1.165, 1.54) is 0 Å². The van der Waals surface area contributed by atoms with Crippen LogP contribution >= 0.6 is 24.0 Å². The highest BCUT2D eigenvalue weighted by Crippen LogP contribution is 2.28. The Kier molecular flexibility index (Phi) is 8.23. The van der Waals surface area contributed by atoms with Crippen LogP contribution in [0.25, 0.3) is 0 Å². The lowest BCUT2D eigenvalue weighted by Gasteiger charge is -2.16. The van der Waals surface area contributed by atoms with Gasteiger partial charge in [0.25, 0.3) is 0 Å². The Morgan fingerprint density at radius 1 is 1.32 bits per heavy atom. The number of nitrogens with one attached hydrogen (secondary N) is 1. The minimum Gasteiger partial charge on any atom is -0.481 e. The number of aliphatic carboxylic acids is 1. The molecule has 0 radical (unpaired) electrons. The Labute approximate surface area is 157 Å². The standard InChI is InChI=1S/C18H18ClN3O2.ClH/c19-16-6-5-12(15(10-21)8-18(23)24)7-17(16)22-11-14-4-2-1-3-13(14)9-20;/h1-7,15,22H,8,10-11,21H2,(H,23,24);1H/t15-;/m0./s1. The van der Waals surface area contributed by atoms with Crippen LogP contribution < -0.4 is 11.1 Å². The van der Waals surface area contributed by atoms with Gasteiger partial charge in [-0.2, -0.15) is 5.26 Å². The Morgan fingerprint density at radius 3 is 2.68 bits per heavy atom. The third-order valence-corrected chi connectivity index (χ3v) is 4.10. The first-order valence-electron chi connectivity index (χ1n) is 7.48. The van der Waals surface area contributed by atoms with E-state index in [9.17, 15) is 4.79 Å². The number of hydrogen-bond donors (Lipinski definition) is 3. The molecule has 0 fully saturated rings. The second-order valence-electron chi connectivity index (χ2n) is 5.39. The summed E-state index contributed by atoms with van der Waals surface area (Å²) in [6.45, 7) is 0.684. The predicted octanol–water partition coefficient (Wildman–Crippen LogP) is 3.76. The van der Waals surface area contributed by atoms with Gasteiger partial charge in [-0.25, -0.2) is 0 Å². The largest absolute Gasteiger partial charge is 0.481 e. The van der Waals surface area contributed by atoms with Gasteiger partial charge in [0, 0.05) is 12.5 Å². The molecule has 0 saturated carbocycles. The average molecular weight is 380 g/mol. The van der Waals surface area contributed by atoms with Crippen LogP contribution in [0.2, 0.25) is 5.02 Å². The number of carboxylic acid groups (broad SMARTS) is 1. The van der Waals surface area contributed by atoms with Gasteiger partial charge >= 0.3 is 5.97 Å². The second-order valence-corrected chi connectivity index (χ2v) is 5.80. The summed E-state index contributed by atoms with van der Waals surface area (Å²) in [5.74, 6) is -1.16. The molecule has 1 atom stereocenters. The number of hydrogen-bond acceptors (Lipinski definition) is 4. The SMILES string of the molecule is Cl.N#Cc1ccccc1CNc1cc([C@H](CN)CC(=O)O)ccc1Cl. The number of carboxylic acids is 1. The topological polar surface area (TPSA) is 99.1 Å². The fraction of sp³-hybridized carbons (Fsp3) is 0.222. The van der Waals surface area contributed by atoms with Crippen LogP contribution in [0.1, 0.15) is 29.0 Å². The zero-order valence-electron chi connectivity index (χ0n) is 13.4. The number of benzene rings is 2. The fourth-order valence-corrected chi connectivity index (χ4v) is 2.64. The minimum atomic E-state index is -0.891.